The number of rotatable bonds is 5. The van der Waals surface area contributed by atoms with E-state index in [0.717, 1.165) is 48.3 Å². The number of benzene rings is 1. The van der Waals surface area contributed by atoms with Gasteiger partial charge >= 0.3 is 0 Å². The van der Waals surface area contributed by atoms with Crippen LogP contribution in [0.5, 0.6) is 0 Å². The number of carbonyl (C=O) groups is 2. The number of anilines is 1. The summed E-state index contributed by atoms with van der Waals surface area (Å²) in [5.74, 6) is 0.543. The van der Waals surface area contributed by atoms with Gasteiger partial charge in [0.2, 0.25) is 0 Å². The molecule has 4 rings (SSSR count). The number of nitrogens with two attached hydrogens (primary N) is 1. The topological polar surface area (TPSA) is 105 Å². The lowest BCUT2D eigenvalue weighted by Crippen LogP contribution is -2.36. The van der Waals surface area contributed by atoms with Crippen molar-refractivity contribution >= 4 is 28.3 Å². The van der Waals surface area contributed by atoms with E-state index >= 15 is 0 Å². The largest absolute Gasteiger partial charge is 0.371 e. The number of hydrogen-bond acceptors (Lipinski definition) is 5. The lowest BCUT2D eigenvalue weighted by atomic mass is 9.90. The predicted molar refractivity (Wildman–Crippen MR) is 116 cm³/mol. The molecule has 1 saturated heterocycles. The number of aromatic amines is 1. The lowest BCUT2D eigenvalue weighted by molar-refractivity contribution is 0.0946. The van der Waals surface area contributed by atoms with Crippen LogP contribution in [0.2, 0.25) is 0 Å². The number of carbonyl (C=O) groups excluding carboxylic acids is 2. The molecule has 7 heteroatoms. The fraction of sp³-hybridized carbons (Fsp3) is 0.435. The molecule has 1 amide bonds. The Bertz CT molecular complexity index is 1090. The van der Waals surface area contributed by atoms with Crippen molar-refractivity contribution in [3.8, 4) is 0 Å². The molecule has 3 aromatic rings. The minimum absolute atomic E-state index is 0.0250. The minimum Gasteiger partial charge on any atom is -0.371 e. The Balaban J connectivity index is 1.50. The Morgan fingerprint density at radius 3 is 2.80 bits per heavy atom. The van der Waals surface area contributed by atoms with Crippen LogP contribution < -0.4 is 10.6 Å². The van der Waals surface area contributed by atoms with E-state index < -0.39 is 5.91 Å². The van der Waals surface area contributed by atoms with Crippen LogP contribution in [0.3, 0.4) is 0 Å². The van der Waals surface area contributed by atoms with Crippen LogP contribution in [0.4, 0.5) is 5.69 Å². The molecule has 7 nitrogen and oxygen atoms in total. The molecule has 30 heavy (non-hydrogen) atoms. The second-order valence-corrected chi connectivity index (χ2v) is 9.17. The third kappa shape index (κ3) is 3.84. The highest BCUT2D eigenvalue weighted by Gasteiger charge is 2.27. The molecule has 1 aliphatic heterocycles. The Kier molecular flexibility index (Phi) is 5.13. The van der Waals surface area contributed by atoms with Crippen LogP contribution in [0, 0.1) is 5.92 Å². The molecule has 0 aliphatic carbocycles. The molecule has 1 aliphatic rings. The molecule has 2 aromatic heterocycles. The molecule has 1 fully saturated rings. The number of nitrogens with one attached hydrogen (secondary N) is 1. The monoisotopic (exact) mass is 408 g/mol. The SMILES string of the molecule is CC(C)(C)c1cc(C(=O)C[C@@H]2CCCN(c3ccc(C(N)=O)c4[nH]ccc34)C2)no1. The van der Waals surface area contributed by atoms with E-state index in [9.17, 15) is 9.59 Å². The number of hydrogen-bond donors (Lipinski definition) is 2. The summed E-state index contributed by atoms with van der Waals surface area (Å²) in [5, 5.41) is 4.98. The molecule has 0 bridgehead atoms. The number of nitrogens with zero attached hydrogens (tertiary/aromatic N) is 2. The Morgan fingerprint density at radius 1 is 1.30 bits per heavy atom. The van der Waals surface area contributed by atoms with E-state index in [1.54, 1.807) is 12.1 Å². The Labute approximate surface area is 175 Å². The molecule has 0 saturated carbocycles. The van der Waals surface area contributed by atoms with Gasteiger partial charge in [-0.15, -0.1) is 0 Å². The number of H-pyrrole nitrogens is 1. The molecule has 1 atom stereocenters. The molecule has 0 unspecified atom stereocenters. The van der Waals surface area contributed by atoms with E-state index in [2.05, 4.69) is 15.0 Å². The zero-order valence-corrected chi connectivity index (χ0v) is 17.7. The van der Waals surface area contributed by atoms with Gasteiger partial charge in [-0.25, -0.2) is 0 Å². The van der Waals surface area contributed by atoms with E-state index in [0.29, 0.717) is 17.7 Å². The molecule has 3 heterocycles. The molecule has 158 valence electrons. The number of Topliss-reactive ketones (excluding diaryl/α,β-unsaturated/α-hetero) is 1. The Hall–Kier alpha value is -3.09. The van der Waals surface area contributed by atoms with Crippen molar-refractivity contribution in [2.24, 2.45) is 11.7 Å². The van der Waals surface area contributed by atoms with Crippen LogP contribution in [0.1, 0.15) is 66.6 Å². The quantitative estimate of drug-likeness (QED) is 0.620. The van der Waals surface area contributed by atoms with Crippen LogP contribution >= 0.6 is 0 Å². The van der Waals surface area contributed by atoms with Crippen molar-refractivity contribution in [1.82, 2.24) is 10.1 Å². The van der Waals surface area contributed by atoms with Gasteiger partial charge in [0.15, 0.2) is 5.78 Å². The summed E-state index contributed by atoms with van der Waals surface area (Å²) in [6.07, 6.45) is 4.28. The van der Waals surface area contributed by atoms with E-state index in [1.165, 1.54) is 0 Å². The zero-order valence-electron chi connectivity index (χ0n) is 17.7. The normalized spacial score (nSPS) is 17.4. The van der Waals surface area contributed by atoms with Crippen molar-refractivity contribution in [2.75, 3.05) is 18.0 Å². The molecular formula is C23H28N4O3. The van der Waals surface area contributed by atoms with Crippen molar-refractivity contribution in [2.45, 2.75) is 45.4 Å². The summed E-state index contributed by atoms with van der Waals surface area (Å²) in [6.45, 7) is 7.80. The molecule has 1 aromatic carbocycles. The maximum atomic E-state index is 12.8. The van der Waals surface area contributed by atoms with Gasteiger partial charge in [0.25, 0.3) is 5.91 Å². The fourth-order valence-electron chi connectivity index (χ4n) is 4.20. The van der Waals surface area contributed by atoms with Crippen LogP contribution in [0.15, 0.2) is 35.0 Å². The predicted octanol–water partition coefficient (Wildman–Crippen LogP) is 4.04. The third-order valence-corrected chi connectivity index (χ3v) is 5.83. The first-order valence-electron chi connectivity index (χ1n) is 10.4. The number of piperidine rings is 1. The summed E-state index contributed by atoms with van der Waals surface area (Å²) >= 11 is 0. The summed E-state index contributed by atoms with van der Waals surface area (Å²) in [6, 6.07) is 7.46. The average molecular weight is 409 g/mol. The first-order valence-corrected chi connectivity index (χ1v) is 10.4. The second kappa shape index (κ2) is 7.63. The van der Waals surface area contributed by atoms with Gasteiger partial charge in [-0.1, -0.05) is 25.9 Å². The average Bonchev–Trinajstić information content (AvgIpc) is 3.36. The molecule has 3 N–H and O–H groups in total. The third-order valence-electron chi connectivity index (χ3n) is 5.83. The maximum absolute atomic E-state index is 12.8. The Morgan fingerprint density at radius 2 is 2.10 bits per heavy atom. The molecule has 0 radical (unpaired) electrons. The first-order chi connectivity index (χ1) is 14.2. The van der Waals surface area contributed by atoms with Crippen LogP contribution in [0.25, 0.3) is 10.9 Å². The fourth-order valence-corrected chi connectivity index (χ4v) is 4.20. The highest BCUT2D eigenvalue weighted by molar-refractivity contribution is 6.08. The van der Waals surface area contributed by atoms with Crippen molar-refractivity contribution in [3.05, 3.63) is 47.5 Å². The van der Waals surface area contributed by atoms with Crippen LogP contribution in [-0.4, -0.2) is 34.9 Å². The highest BCUT2D eigenvalue weighted by atomic mass is 16.5. The number of ketones is 1. The van der Waals surface area contributed by atoms with E-state index in [4.69, 9.17) is 10.3 Å². The number of amides is 1. The minimum atomic E-state index is -0.446. The van der Waals surface area contributed by atoms with E-state index in [1.807, 2.05) is 39.1 Å². The smallest absolute Gasteiger partial charge is 0.250 e. The van der Waals surface area contributed by atoms with Gasteiger partial charge in [0.1, 0.15) is 11.5 Å². The van der Waals surface area contributed by atoms with Gasteiger partial charge in [-0.3, -0.25) is 9.59 Å². The summed E-state index contributed by atoms with van der Waals surface area (Å²) in [7, 11) is 0. The van der Waals surface area contributed by atoms with Gasteiger partial charge < -0.3 is 20.1 Å². The van der Waals surface area contributed by atoms with E-state index in [-0.39, 0.29) is 17.1 Å². The van der Waals surface area contributed by atoms with Crippen LogP contribution in [-0.2, 0) is 5.41 Å². The zero-order chi connectivity index (χ0) is 21.5. The number of fused-ring (bicyclic) bond motifs is 1. The number of primary amides is 1. The molecular weight excluding hydrogens is 380 g/mol. The van der Waals surface area contributed by atoms with Crippen molar-refractivity contribution < 1.29 is 14.1 Å². The summed E-state index contributed by atoms with van der Waals surface area (Å²) in [5.41, 5.74) is 8.05. The number of aromatic nitrogens is 2. The van der Waals surface area contributed by atoms with Gasteiger partial charge in [0, 0.05) is 48.3 Å². The molecule has 0 spiro atoms. The van der Waals surface area contributed by atoms with Crippen molar-refractivity contribution in [3.63, 3.8) is 0 Å². The summed E-state index contributed by atoms with van der Waals surface area (Å²) in [4.78, 5) is 29.9. The highest BCUT2D eigenvalue weighted by Crippen LogP contribution is 2.33. The van der Waals surface area contributed by atoms with Gasteiger partial charge in [-0.2, -0.15) is 0 Å². The first kappa shape index (κ1) is 20.2. The standard InChI is InChI=1S/C23H28N4O3/c1-23(2,3)20-12-17(26-30-20)19(28)11-14-5-4-10-27(13-14)18-7-6-16(22(24)29)21-15(18)8-9-25-21/h6-9,12,14,25H,4-5,10-11,13H2,1-3H3,(H2,24,29)/t14-/m0/s1. The summed E-state index contributed by atoms with van der Waals surface area (Å²) < 4.78 is 5.38. The second-order valence-electron chi connectivity index (χ2n) is 9.17. The lowest BCUT2D eigenvalue weighted by Gasteiger charge is -2.34. The van der Waals surface area contributed by atoms with Gasteiger partial charge in [0.05, 0.1) is 11.1 Å². The maximum Gasteiger partial charge on any atom is 0.250 e. The van der Waals surface area contributed by atoms with Crippen molar-refractivity contribution in [1.29, 1.82) is 0 Å². The van der Waals surface area contributed by atoms with Gasteiger partial charge in [-0.05, 0) is 37.0 Å².